The monoisotopic (exact) mass is 372 g/mol. The first-order valence-corrected chi connectivity index (χ1v) is 9.25. The van der Waals surface area contributed by atoms with Gasteiger partial charge in [-0.05, 0) is 34.9 Å². The molecule has 0 aromatic heterocycles. The molecule has 0 spiro atoms. The maximum atomic E-state index is 13.0. The number of rotatable bonds is 0. The maximum Gasteiger partial charge on any atom is 0.167 e. The van der Waals surface area contributed by atoms with Crippen LogP contribution >= 0.6 is 0 Å². The lowest BCUT2D eigenvalue weighted by atomic mass is 9.61. The first kappa shape index (κ1) is 15.6. The Labute approximate surface area is 160 Å². The highest BCUT2D eigenvalue weighted by molar-refractivity contribution is 6.05. The Kier molecular flexibility index (Phi) is 2.82. The summed E-state index contributed by atoms with van der Waals surface area (Å²) >= 11 is 0. The van der Waals surface area contributed by atoms with Gasteiger partial charge in [-0.15, -0.1) is 0 Å². The van der Waals surface area contributed by atoms with Crippen LogP contribution in [0.3, 0.4) is 0 Å². The average molecular weight is 372 g/mol. The van der Waals surface area contributed by atoms with Gasteiger partial charge in [-0.25, -0.2) is 0 Å². The number of ether oxygens (including phenoxy) is 1. The predicted molar refractivity (Wildman–Crippen MR) is 101 cm³/mol. The number of Topliss-reactive ketones (excluding diaryl/α,β-unsaturated/α-hetero) is 1. The smallest absolute Gasteiger partial charge is 0.167 e. The summed E-state index contributed by atoms with van der Waals surface area (Å²) in [5, 5.41) is 31.2. The van der Waals surface area contributed by atoms with Gasteiger partial charge in [0.25, 0.3) is 0 Å². The minimum absolute atomic E-state index is 0.0750. The molecule has 5 nitrogen and oxygen atoms in total. The molecule has 1 heterocycles. The summed E-state index contributed by atoms with van der Waals surface area (Å²) in [4.78, 5) is 13.0. The van der Waals surface area contributed by atoms with Gasteiger partial charge in [0.05, 0.1) is 5.56 Å². The molecule has 28 heavy (non-hydrogen) atoms. The van der Waals surface area contributed by atoms with E-state index in [1.54, 1.807) is 18.2 Å². The van der Waals surface area contributed by atoms with Gasteiger partial charge in [-0.2, -0.15) is 0 Å². The van der Waals surface area contributed by atoms with Gasteiger partial charge >= 0.3 is 0 Å². The number of phenolic OH excluding ortho intramolecular Hbond substituents is 3. The van der Waals surface area contributed by atoms with Crippen LogP contribution in [-0.4, -0.2) is 21.1 Å². The number of hydrogen-bond donors (Lipinski definition) is 3. The molecule has 3 N–H and O–H groups in total. The summed E-state index contributed by atoms with van der Waals surface area (Å²) in [5.74, 6) is 0.0927. The average Bonchev–Trinajstić information content (AvgIpc) is 2.67. The molecule has 2 aliphatic carbocycles. The third-order valence-corrected chi connectivity index (χ3v) is 6.28. The molecule has 0 saturated carbocycles. The van der Waals surface area contributed by atoms with E-state index in [2.05, 4.69) is 0 Å². The SMILES string of the molecule is O=C1C[C@@H]2c3ccccc3OC3c4cc(O)ccc4-c4c(O)cc(O)c1c4[C@@H]32. The molecule has 3 aromatic rings. The number of benzene rings is 3. The Morgan fingerprint density at radius 3 is 2.54 bits per heavy atom. The first-order chi connectivity index (χ1) is 13.5. The summed E-state index contributed by atoms with van der Waals surface area (Å²) in [6, 6.07) is 13.9. The second-order valence-electron chi connectivity index (χ2n) is 7.69. The zero-order valence-electron chi connectivity index (χ0n) is 14.7. The Hall–Kier alpha value is -3.47. The van der Waals surface area contributed by atoms with Crippen LogP contribution in [-0.2, 0) is 0 Å². The van der Waals surface area contributed by atoms with Crippen LogP contribution in [0, 0.1) is 0 Å². The van der Waals surface area contributed by atoms with E-state index in [-0.39, 0.29) is 46.9 Å². The predicted octanol–water partition coefficient (Wildman–Crippen LogP) is 4.37. The summed E-state index contributed by atoms with van der Waals surface area (Å²) in [5.41, 5.74) is 3.92. The normalized spacial score (nSPS) is 23.3. The fourth-order valence-corrected chi connectivity index (χ4v) is 5.25. The Bertz CT molecular complexity index is 1200. The molecule has 138 valence electrons. The van der Waals surface area contributed by atoms with E-state index in [4.69, 9.17) is 4.74 Å². The number of ketones is 1. The van der Waals surface area contributed by atoms with Crippen molar-refractivity contribution in [2.75, 3.05) is 0 Å². The van der Waals surface area contributed by atoms with Crippen molar-refractivity contribution in [2.45, 2.75) is 24.4 Å². The summed E-state index contributed by atoms with van der Waals surface area (Å²) in [6.07, 6.45) is -0.150. The highest BCUT2D eigenvalue weighted by atomic mass is 16.5. The van der Waals surface area contributed by atoms with Gasteiger partial charge in [-0.1, -0.05) is 24.3 Å². The molecule has 0 fully saturated rings. The second kappa shape index (κ2) is 5.07. The number of para-hydroxylation sites is 1. The van der Waals surface area contributed by atoms with Crippen molar-refractivity contribution in [1.29, 1.82) is 0 Å². The summed E-state index contributed by atoms with van der Waals surface area (Å²) < 4.78 is 6.36. The molecule has 3 aromatic carbocycles. The van der Waals surface area contributed by atoms with E-state index in [9.17, 15) is 20.1 Å². The van der Waals surface area contributed by atoms with Gasteiger partial charge in [0.1, 0.15) is 29.1 Å². The quantitative estimate of drug-likeness (QED) is 0.545. The summed E-state index contributed by atoms with van der Waals surface area (Å²) in [6.45, 7) is 0. The molecule has 0 bridgehead atoms. The van der Waals surface area contributed by atoms with Gasteiger partial charge < -0.3 is 20.1 Å². The van der Waals surface area contributed by atoms with Gasteiger partial charge in [-0.3, -0.25) is 4.79 Å². The highest BCUT2D eigenvalue weighted by Gasteiger charge is 2.51. The molecule has 0 saturated heterocycles. The number of carbonyl (C=O) groups is 1. The Balaban J connectivity index is 1.76. The fraction of sp³-hybridized carbons (Fsp3) is 0.174. The minimum atomic E-state index is -0.414. The molecule has 0 amide bonds. The van der Waals surface area contributed by atoms with E-state index in [0.717, 1.165) is 16.9 Å². The molecule has 1 unspecified atom stereocenters. The fourth-order valence-electron chi connectivity index (χ4n) is 5.25. The van der Waals surface area contributed by atoms with Crippen LogP contribution in [0.15, 0.2) is 48.5 Å². The second-order valence-corrected chi connectivity index (χ2v) is 7.69. The van der Waals surface area contributed by atoms with Gasteiger partial charge in [0, 0.05) is 35.4 Å². The molecule has 5 heteroatoms. The van der Waals surface area contributed by atoms with E-state index >= 15 is 0 Å². The molecular weight excluding hydrogens is 356 g/mol. The summed E-state index contributed by atoms with van der Waals surface area (Å²) in [7, 11) is 0. The van der Waals surface area contributed by atoms with Crippen LogP contribution in [0.1, 0.15) is 51.4 Å². The lowest BCUT2D eigenvalue weighted by Crippen LogP contribution is -2.36. The zero-order chi connectivity index (χ0) is 19.2. The zero-order valence-corrected chi connectivity index (χ0v) is 14.7. The van der Waals surface area contributed by atoms with Crippen molar-refractivity contribution >= 4 is 5.78 Å². The first-order valence-electron chi connectivity index (χ1n) is 9.25. The molecule has 0 radical (unpaired) electrons. The topological polar surface area (TPSA) is 87.0 Å². The van der Waals surface area contributed by atoms with Crippen LogP contribution in [0.25, 0.3) is 11.1 Å². The Morgan fingerprint density at radius 2 is 1.68 bits per heavy atom. The number of aromatic hydroxyl groups is 3. The van der Waals surface area contributed by atoms with Crippen LogP contribution in [0.2, 0.25) is 0 Å². The van der Waals surface area contributed by atoms with Crippen LogP contribution in [0.4, 0.5) is 0 Å². The van der Waals surface area contributed by atoms with E-state index < -0.39 is 6.10 Å². The molecule has 6 rings (SSSR count). The largest absolute Gasteiger partial charge is 0.508 e. The van der Waals surface area contributed by atoms with Gasteiger partial charge in [0.15, 0.2) is 5.78 Å². The maximum absolute atomic E-state index is 13.0. The number of phenols is 3. The molecule has 1 aliphatic heterocycles. The van der Waals surface area contributed by atoms with Crippen molar-refractivity contribution < 1.29 is 24.9 Å². The van der Waals surface area contributed by atoms with Crippen molar-refractivity contribution in [1.82, 2.24) is 0 Å². The highest BCUT2D eigenvalue weighted by Crippen LogP contribution is 2.63. The van der Waals surface area contributed by atoms with Crippen molar-refractivity contribution in [2.24, 2.45) is 0 Å². The van der Waals surface area contributed by atoms with Crippen molar-refractivity contribution in [3.63, 3.8) is 0 Å². The lowest BCUT2D eigenvalue weighted by Gasteiger charge is -2.47. The van der Waals surface area contributed by atoms with Crippen LogP contribution < -0.4 is 4.74 Å². The molecular formula is C23H16O5. The van der Waals surface area contributed by atoms with Crippen molar-refractivity contribution in [3.05, 3.63) is 70.8 Å². The van der Waals surface area contributed by atoms with Crippen LogP contribution in [0.5, 0.6) is 23.0 Å². The third-order valence-electron chi connectivity index (χ3n) is 6.28. The van der Waals surface area contributed by atoms with Gasteiger partial charge in [0.2, 0.25) is 0 Å². The van der Waals surface area contributed by atoms with E-state index in [0.29, 0.717) is 16.7 Å². The number of hydrogen-bond acceptors (Lipinski definition) is 5. The number of carbonyl (C=O) groups excluding carboxylic acids is 1. The van der Waals surface area contributed by atoms with Crippen molar-refractivity contribution in [3.8, 4) is 34.1 Å². The Morgan fingerprint density at radius 1 is 0.893 bits per heavy atom. The number of fused-ring (bicyclic) bond motifs is 5. The lowest BCUT2D eigenvalue weighted by molar-refractivity contribution is 0.0868. The standard InChI is InChI=1S/C23H16O5/c24-10-5-6-12-14(7-10)23-20-13(11-3-1-2-4-18(11)28-23)8-15(25)21-17(27)9-16(26)19(12)22(20)21/h1-7,9,13,20,23-24,26-27H,8H2/t13-,20+,23?/m1/s1. The molecule has 3 aliphatic rings. The third kappa shape index (κ3) is 1.78. The molecule has 3 atom stereocenters. The van der Waals surface area contributed by atoms with E-state index in [1.807, 2.05) is 24.3 Å². The van der Waals surface area contributed by atoms with E-state index in [1.165, 1.54) is 6.07 Å². The minimum Gasteiger partial charge on any atom is -0.508 e.